The van der Waals surface area contributed by atoms with Gasteiger partial charge in [0.05, 0.1) is 16.4 Å². The Hall–Kier alpha value is -2.05. The minimum atomic E-state index is -3.90. The van der Waals surface area contributed by atoms with Crippen LogP contribution in [0.4, 0.5) is 11.4 Å². The molecule has 7 heteroatoms. The highest BCUT2D eigenvalue weighted by Gasteiger charge is 2.33. The number of hydrogen-bond acceptors (Lipinski definition) is 3. The van der Waals surface area contributed by atoms with Gasteiger partial charge in [0.15, 0.2) is 0 Å². The number of hydrogen-bond donors (Lipinski definition) is 1. The predicted molar refractivity (Wildman–Crippen MR) is 81.1 cm³/mol. The summed E-state index contributed by atoms with van der Waals surface area (Å²) < 4.78 is 26.6. The van der Waals surface area contributed by atoms with Crippen LogP contribution in [0.1, 0.15) is 0 Å². The molecule has 1 amide bonds. The van der Waals surface area contributed by atoms with E-state index in [-0.39, 0.29) is 22.4 Å². The Morgan fingerprint density at radius 3 is 2.48 bits per heavy atom. The van der Waals surface area contributed by atoms with Crippen LogP contribution in [0.5, 0.6) is 0 Å². The Balaban J connectivity index is 2.16. The average molecular weight is 323 g/mol. The van der Waals surface area contributed by atoms with E-state index < -0.39 is 10.0 Å². The molecule has 1 aliphatic rings. The number of rotatable bonds is 2. The quantitative estimate of drug-likeness (QED) is 0.923. The molecule has 0 spiro atoms. The van der Waals surface area contributed by atoms with E-state index in [0.717, 1.165) is 4.31 Å². The van der Waals surface area contributed by atoms with Crippen LogP contribution in [-0.4, -0.2) is 20.9 Å². The monoisotopic (exact) mass is 322 g/mol. The summed E-state index contributed by atoms with van der Waals surface area (Å²) in [5.74, 6) is -0.385. The highest BCUT2D eigenvalue weighted by molar-refractivity contribution is 7.93. The lowest BCUT2D eigenvalue weighted by Crippen LogP contribution is -2.42. The van der Waals surface area contributed by atoms with Crippen LogP contribution in [0, 0.1) is 0 Å². The van der Waals surface area contributed by atoms with Crippen LogP contribution in [0.25, 0.3) is 0 Å². The maximum atomic E-state index is 12.8. The highest BCUT2D eigenvalue weighted by Crippen LogP contribution is 2.34. The van der Waals surface area contributed by atoms with Gasteiger partial charge in [-0.3, -0.25) is 9.10 Å². The van der Waals surface area contributed by atoms with E-state index in [2.05, 4.69) is 5.32 Å². The first-order chi connectivity index (χ1) is 10.00. The van der Waals surface area contributed by atoms with Crippen molar-refractivity contribution in [1.82, 2.24) is 0 Å². The zero-order valence-electron chi connectivity index (χ0n) is 10.8. The van der Waals surface area contributed by atoms with Crippen molar-refractivity contribution in [3.63, 3.8) is 0 Å². The Kier molecular flexibility index (Phi) is 3.35. The lowest BCUT2D eigenvalue weighted by Gasteiger charge is -2.30. The van der Waals surface area contributed by atoms with Crippen molar-refractivity contribution in [2.45, 2.75) is 4.90 Å². The van der Waals surface area contributed by atoms with Gasteiger partial charge in [-0.05, 0) is 24.3 Å². The first-order valence-corrected chi connectivity index (χ1v) is 7.98. The van der Waals surface area contributed by atoms with Crippen molar-refractivity contribution in [3.8, 4) is 0 Å². The van der Waals surface area contributed by atoms with E-state index >= 15 is 0 Å². The van der Waals surface area contributed by atoms with Crippen LogP contribution < -0.4 is 9.62 Å². The summed E-state index contributed by atoms with van der Waals surface area (Å²) in [5.41, 5.74) is 0.890. The van der Waals surface area contributed by atoms with Gasteiger partial charge in [-0.2, -0.15) is 0 Å². The van der Waals surface area contributed by atoms with Gasteiger partial charge in [-0.25, -0.2) is 8.42 Å². The fourth-order valence-corrected chi connectivity index (χ4v) is 4.13. The van der Waals surface area contributed by atoms with Gasteiger partial charge in [0, 0.05) is 0 Å². The second kappa shape index (κ2) is 5.05. The molecule has 1 N–H and O–H groups in total. The molecule has 21 heavy (non-hydrogen) atoms. The van der Waals surface area contributed by atoms with Crippen LogP contribution in [0.3, 0.4) is 0 Å². The summed E-state index contributed by atoms with van der Waals surface area (Å²) in [6.07, 6.45) is 0. The lowest BCUT2D eigenvalue weighted by molar-refractivity contribution is -0.115. The third-order valence-corrected chi connectivity index (χ3v) is 5.40. The molecule has 1 aliphatic heterocycles. The Morgan fingerprint density at radius 1 is 1.05 bits per heavy atom. The van der Waals surface area contributed by atoms with Gasteiger partial charge in [-0.15, -0.1) is 0 Å². The largest absolute Gasteiger partial charge is 0.323 e. The van der Waals surface area contributed by atoms with Crippen molar-refractivity contribution in [2.75, 3.05) is 16.2 Å². The number of nitrogens with one attached hydrogen (secondary N) is 1. The molecular formula is C14H11ClN2O3S. The molecule has 1 heterocycles. The maximum Gasteiger partial charge on any atom is 0.266 e. The van der Waals surface area contributed by atoms with Crippen molar-refractivity contribution in [1.29, 1.82) is 0 Å². The van der Waals surface area contributed by atoms with Gasteiger partial charge in [-0.1, -0.05) is 35.9 Å². The van der Waals surface area contributed by atoms with E-state index in [4.69, 9.17) is 11.6 Å². The number of nitrogens with zero attached hydrogens (tertiary/aromatic N) is 1. The molecule has 0 radical (unpaired) electrons. The van der Waals surface area contributed by atoms with Crippen LogP contribution in [0.15, 0.2) is 53.4 Å². The number of carbonyl (C=O) groups excluding carboxylic acids is 1. The molecule has 0 unspecified atom stereocenters. The third kappa shape index (κ3) is 2.36. The first kappa shape index (κ1) is 13.9. The van der Waals surface area contributed by atoms with Crippen molar-refractivity contribution in [2.24, 2.45) is 0 Å². The fraction of sp³-hybridized carbons (Fsp3) is 0.0714. The second-order valence-corrected chi connectivity index (χ2v) is 6.75. The Labute approximate surface area is 127 Å². The van der Waals surface area contributed by atoms with E-state index in [9.17, 15) is 13.2 Å². The number of para-hydroxylation sites is 2. The average Bonchev–Trinajstić information content (AvgIpc) is 2.46. The number of sulfonamides is 1. The van der Waals surface area contributed by atoms with Crippen LogP contribution in [0.2, 0.25) is 5.02 Å². The molecule has 0 saturated carbocycles. The number of carbonyl (C=O) groups is 1. The van der Waals surface area contributed by atoms with E-state index in [1.807, 2.05) is 0 Å². The topological polar surface area (TPSA) is 66.5 Å². The summed E-state index contributed by atoms with van der Waals surface area (Å²) in [4.78, 5) is 11.7. The molecule has 0 fully saturated rings. The standard InChI is InChI=1S/C14H11ClN2O3S/c15-10-5-1-4-8-13(10)21(19,20)17-9-14(18)16-11-6-2-3-7-12(11)17/h1-8H,9H2,(H,16,18). The normalized spacial score (nSPS) is 14.5. The number of halogens is 1. The Bertz CT molecular complexity index is 820. The molecular weight excluding hydrogens is 312 g/mol. The molecule has 0 aromatic heterocycles. The summed E-state index contributed by atoms with van der Waals surface area (Å²) >= 11 is 5.99. The van der Waals surface area contributed by atoms with Gasteiger partial charge in [0.2, 0.25) is 5.91 Å². The number of fused-ring (bicyclic) bond motifs is 1. The number of amides is 1. The zero-order valence-corrected chi connectivity index (χ0v) is 12.4. The molecule has 0 atom stereocenters. The number of anilines is 2. The van der Waals surface area contributed by atoms with Gasteiger partial charge in [0.1, 0.15) is 11.4 Å². The minimum absolute atomic E-state index is 0.0174. The molecule has 5 nitrogen and oxygen atoms in total. The second-order valence-electron chi connectivity index (χ2n) is 4.51. The van der Waals surface area contributed by atoms with Gasteiger partial charge in [0.25, 0.3) is 10.0 Å². The van der Waals surface area contributed by atoms with Crippen molar-refractivity contribution >= 4 is 38.9 Å². The smallest absolute Gasteiger partial charge is 0.266 e. The number of benzene rings is 2. The first-order valence-electron chi connectivity index (χ1n) is 6.16. The maximum absolute atomic E-state index is 12.8. The van der Waals surface area contributed by atoms with Crippen LogP contribution >= 0.6 is 11.6 Å². The molecule has 108 valence electrons. The van der Waals surface area contributed by atoms with Crippen LogP contribution in [-0.2, 0) is 14.8 Å². The predicted octanol–water partition coefficient (Wildman–Crippen LogP) is 2.49. The zero-order chi connectivity index (χ0) is 15.0. The lowest BCUT2D eigenvalue weighted by atomic mass is 10.2. The SMILES string of the molecule is O=C1CN(S(=O)(=O)c2ccccc2Cl)c2ccccc2N1. The molecule has 0 aliphatic carbocycles. The molecule has 2 aromatic rings. The van der Waals surface area contributed by atoms with E-state index in [0.29, 0.717) is 11.4 Å². The van der Waals surface area contributed by atoms with Crippen molar-refractivity contribution < 1.29 is 13.2 Å². The minimum Gasteiger partial charge on any atom is -0.323 e. The summed E-state index contributed by atoms with van der Waals surface area (Å²) in [6.45, 7) is -0.273. The summed E-state index contributed by atoms with van der Waals surface area (Å²) in [5, 5.41) is 2.78. The fourth-order valence-electron chi connectivity index (χ4n) is 2.19. The highest BCUT2D eigenvalue weighted by atomic mass is 35.5. The van der Waals surface area contributed by atoms with Gasteiger partial charge < -0.3 is 5.32 Å². The summed E-state index contributed by atoms with van der Waals surface area (Å²) in [6, 6.07) is 12.9. The molecule has 0 saturated heterocycles. The van der Waals surface area contributed by atoms with Crippen molar-refractivity contribution in [3.05, 3.63) is 53.6 Å². The molecule has 2 aromatic carbocycles. The Morgan fingerprint density at radius 2 is 1.71 bits per heavy atom. The van der Waals surface area contributed by atoms with E-state index in [1.165, 1.54) is 12.1 Å². The van der Waals surface area contributed by atoms with E-state index in [1.54, 1.807) is 36.4 Å². The molecule has 3 rings (SSSR count). The van der Waals surface area contributed by atoms with Gasteiger partial charge >= 0.3 is 0 Å². The molecule has 0 bridgehead atoms. The third-order valence-electron chi connectivity index (χ3n) is 3.14. The summed E-state index contributed by atoms with van der Waals surface area (Å²) in [7, 11) is -3.90.